The summed E-state index contributed by atoms with van der Waals surface area (Å²) < 4.78 is 5.57. The molecule has 0 N–H and O–H groups in total. The van der Waals surface area contributed by atoms with Crippen molar-refractivity contribution in [2.45, 2.75) is 38.7 Å². The number of hydrogen-bond acceptors (Lipinski definition) is 3. The average molecular weight is 240 g/mol. The summed E-state index contributed by atoms with van der Waals surface area (Å²) in [6.07, 6.45) is 4.23. The van der Waals surface area contributed by atoms with Gasteiger partial charge in [0.25, 0.3) is 0 Å². The maximum absolute atomic E-state index is 11.9. The van der Waals surface area contributed by atoms with Crippen molar-refractivity contribution >= 4 is 6.09 Å². The van der Waals surface area contributed by atoms with Gasteiger partial charge < -0.3 is 14.5 Å². The highest BCUT2D eigenvalue weighted by Crippen LogP contribution is 2.19. The number of piperidine rings is 2. The van der Waals surface area contributed by atoms with Gasteiger partial charge in [0.2, 0.25) is 0 Å². The Labute approximate surface area is 104 Å². The monoisotopic (exact) mass is 240 g/mol. The van der Waals surface area contributed by atoms with E-state index in [9.17, 15) is 4.79 Å². The summed E-state index contributed by atoms with van der Waals surface area (Å²) >= 11 is 0. The first-order valence-electron chi connectivity index (χ1n) is 6.79. The van der Waals surface area contributed by atoms with Gasteiger partial charge in [0.15, 0.2) is 0 Å². The third kappa shape index (κ3) is 3.60. The lowest BCUT2D eigenvalue weighted by Gasteiger charge is -2.33. The van der Waals surface area contributed by atoms with Gasteiger partial charge in [-0.25, -0.2) is 4.79 Å². The van der Waals surface area contributed by atoms with Crippen LogP contribution in [0.25, 0.3) is 0 Å². The van der Waals surface area contributed by atoms with Crippen molar-refractivity contribution in [3.63, 3.8) is 0 Å². The molecular weight excluding hydrogens is 216 g/mol. The zero-order chi connectivity index (χ0) is 12.3. The smallest absolute Gasteiger partial charge is 0.410 e. The molecule has 0 bridgehead atoms. The van der Waals surface area contributed by atoms with Gasteiger partial charge in [0, 0.05) is 26.2 Å². The van der Waals surface area contributed by atoms with E-state index in [1.54, 1.807) is 0 Å². The summed E-state index contributed by atoms with van der Waals surface area (Å²) in [5.41, 5.74) is 0. The molecule has 1 amide bonds. The molecule has 0 atom stereocenters. The topological polar surface area (TPSA) is 32.8 Å². The lowest BCUT2D eigenvalue weighted by atomic mass is 10.00. The summed E-state index contributed by atoms with van der Waals surface area (Å²) in [6, 6.07) is 0. The Morgan fingerprint density at radius 1 is 1.06 bits per heavy atom. The molecule has 0 spiro atoms. The van der Waals surface area contributed by atoms with Crippen LogP contribution in [0.1, 0.15) is 32.6 Å². The predicted octanol–water partition coefficient (Wildman–Crippen LogP) is 1.95. The summed E-state index contributed by atoms with van der Waals surface area (Å²) in [5.74, 6) is 0.752. The molecular formula is C13H24N2O2. The Morgan fingerprint density at radius 2 is 1.65 bits per heavy atom. The maximum Gasteiger partial charge on any atom is 0.410 e. The first-order chi connectivity index (χ1) is 8.15. The number of likely N-dealkylation sites (tertiary alicyclic amines) is 2. The number of nitrogens with zero attached hydrogens (tertiary/aromatic N) is 2. The minimum absolute atomic E-state index is 0.0912. The van der Waals surface area contributed by atoms with Gasteiger partial charge in [-0.2, -0.15) is 0 Å². The van der Waals surface area contributed by atoms with Crippen molar-refractivity contribution in [2.75, 3.05) is 33.2 Å². The van der Waals surface area contributed by atoms with Crippen LogP contribution in [0.2, 0.25) is 0 Å². The molecule has 2 heterocycles. The summed E-state index contributed by atoms with van der Waals surface area (Å²) in [6.45, 7) is 6.06. The van der Waals surface area contributed by atoms with Gasteiger partial charge in [-0.1, -0.05) is 6.92 Å². The third-order valence-corrected chi connectivity index (χ3v) is 3.97. The molecule has 0 aliphatic carbocycles. The molecule has 0 aromatic heterocycles. The highest BCUT2D eigenvalue weighted by molar-refractivity contribution is 5.67. The number of carbonyl (C=O) groups excluding carboxylic acids is 1. The zero-order valence-corrected chi connectivity index (χ0v) is 11.0. The molecule has 2 saturated heterocycles. The molecule has 4 heteroatoms. The van der Waals surface area contributed by atoms with Crippen molar-refractivity contribution < 1.29 is 9.53 Å². The molecule has 2 aliphatic heterocycles. The van der Waals surface area contributed by atoms with E-state index in [-0.39, 0.29) is 12.2 Å². The lowest BCUT2D eigenvalue weighted by Crippen LogP contribution is -2.42. The van der Waals surface area contributed by atoms with E-state index >= 15 is 0 Å². The number of hydrogen-bond donors (Lipinski definition) is 0. The molecule has 4 nitrogen and oxygen atoms in total. The van der Waals surface area contributed by atoms with E-state index < -0.39 is 0 Å². The normalized spacial score (nSPS) is 24.9. The Bertz CT molecular complexity index is 254. The SMILES string of the molecule is CC1CCN(C(=O)OC2CCN(C)CC2)CC1. The van der Waals surface area contributed by atoms with E-state index in [1.807, 2.05) is 4.90 Å². The fourth-order valence-corrected chi connectivity index (χ4v) is 2.51. The number of ether oxygens (including phenoxy) is 1. The van der Waals surface area contributed by atoms with Gasteiger partial charge in [0.05, 0.1) is 0 Å². The zero-order valence-electron chi connectivity index (χ0n) is 11.0. The van der Waals surface area contributed by atoms with Crippen LogP contribution in [0.3, 0.4) is 0 Å². The van der Waals surface area contributed by atoms with Crippen molar-refractivity contribution in [1.82, 2.24) is 9.80 Å². The van der Waals surface area contributed by atoms with Crippen LogP contribution in [-0.4, -0.2) is 55.2 Å². The van der Waals surface area contributed by atoms with Crippen LogP contribution in [-0.2, 0) is 4.74 Å². The Hall–Kier alpha value is -0.770. The van der Waals surface area contributed by atoms with Crippen LogP contribution in [0.5, 0.6) is 0 Å². The van der Waals surface area contributed by atoms with Gasteiger partial charge in [0.1, 0.15) is 6.10 Å². The molecule has 0 aromatic carbocycles. The maximum atomic E-state index is 11.9. The highest BCUT2D eigenvalue weighted by atomic mass is 16.6. The molecule has 98 valence electrons. The Morgan fingerprint density at radius 3 is 2.24 bits per heavy atom. The molecule has 0 radical (unpaired) electrons. The molecule has 2 aliphatic rings. The standard InChI is InChI=1S/C13H24N2O2/c1-11-3-9-15(10-4-11)13(16)17-12-5-7-14(2)8-6-12/h11-12H,3-10H2,1-2H3. The lowest BCUT2D eigenvalue weighted by molar-refractivity contribution is 0.0272. The molecule has 17 heavy (non-hydrogen) atoms. The first-order valence-corrected chi connectivity index (χ1v) is 6.79. The fourth-order valence-electron chi connectivity index (χ4n) is 2.51. The minimum atomic E-state index is -0.0912. The van der Waals surface area contributed by atoms with Gasteiger partial charge >= 0.3 is 6.09 Å². The number of amides is 1. The summed E-state index contributed by atoms with van der Waals surface area (Å²) in [7, 11) is 2.12. The second-order valence-corrected chi connectivity index (χ2v) is 5.56. The first kappa shape index (κ1) is 12.7. The van der Waals surface area contributed by atoms with E-state index in [0.717, 1.165) is 57.8 Å². The van der Waals surface area contributed by atoms with Crippen LogP contribution < -0.4 is 0 Å². The minimum Gasteiger partial charge on any atom is -0.446 e. The highest BCUT2D eigenvalue weighted by Gasteiger charge is 2.25. The van der Waals surface area contributed by atoms with E-state index in [2.05, 4.69) is 18.9 Å². The van der Waals surface area contributed by atoms with Crippen molar-refractivity contribution in [2.24, 2.45) is 5.92 Å². The summed E-state index contributed by atoms with van der Waals surface area (Å²) in [5, 5.41) is 0. The van der Waals surface area contributed by atoms with Gasteiger partial charge in [-0.3, -0.25) is 0 Å². The van der Waals surface area contributed by atoms with Crippen LogP contribution in [0.15, 0.2) is 0 Å². The largest absolute Gasteiger partial charge is 0.446 e. The summed E-state index contributed by atoms with van der Waals surface area (Å²) in [4.78, 5) is 16.1. The Balaban J connectivity index is 1.73. The van der Waals surface area contributed by atoms with E-state index in [4.69, 9.17) is 4.74 Å². The molecule has 2 rings (SSSR count). The van der Waals surface area contributed by atoms with Gasteiger partial charge in [-0.15, -0.1) is 0 Å². The number of rotatable bonds is 1. The average Bonchev–Trinajstić information content (AvgIpc) is 2.33. The van der Waals surface area contributed by atoms with Crippen LogP contribution in [0.4, 0.5) is 4.79 Å². The van der Waals surface area contributed by atoms with Crippen LogP contribution in [0, 0.1) is 5.92 Å². The molecule has 0 unspecified atom stereocenters. The molecule has 0 saturated carbocycles. The van der Waals surface area contributed by atoms with Crippen LogP contribution >= 0.6 is 0 Å². The Kier molecular flexibility index (Phi) is 4.26. The van der Waals surface area contributed by atoms with Gasteiger partial charge in [-0.05, 0) is 38.6 Å². The third-order valence-electron chi connectivity index (χ3n) is 3.97. The fraction of sp³-hybridized carbons (Fsp3) is 0.923. The van der Waals surface area contributed by atoms with Crippen molar-refractivity contribution in [1.29, 1.82) is 0 Å². The quantitative estimate of drug-likeness (QED) is 0.702. The van der Waals surface area contributed by atoms with E-state index in [1.165, 1.54) is 0 Å². The van der Waals surface area contributed by atoms with E-state index in [0.29, 0.717) is 0 Å². The van der Waals surface area contributed by atoms with Crippen molar-refractivity contribution in [3.05, 3.63) is 0 Å². The second kappa shape index (κ2) is 5.71. The molecule has 2 fully saturated rings. The van der Waals surface area contributed by atoms with Crippen molar-refractivity contribution in [3.8, 4) is 0 Å². The molecule has 0 aromatic rings. The number of carbonyl (C=O) groups is 1. The predicted molar refractivity (Wildman–Crippen MR) is 67.0 cm³/mol. The second-order valence-electron chi connectivity index (χ2n) is 5.56.